The quantitative estimate of drug-likeness (QED) is 0.482. The summed E-state index contributed by atoms with van der Waals surface area (Å²) >= 11 is 8.52. The Morgan fingerprint density at radius 1 is 1.15 bits per heavy atom. The molecular formula is C25H24ClN3O4S. The number of thiophene rings is 1. The Kier molecular flexibility index (Phi) is 6.04. The first-order valence-corrected chi connectivity index (χ1v) is 12.5. The molecule has 2 aromatic heterocycles. The molecule has 3 aromatic rings. The molecule has 0 unspecified atom stereocenters. The molecule has 4 heterocycles. The van der Waals surface area contributed by atoms with E-state index in [-0.39, 0.29) is 37.1 Å². The van der Waals surface area contributed by atoms with Crippen molar-refractivity contribution >= 4 is 50.9 Å². The number of amides is 3. The second-order valence-electron chi connectivity index (χ2n) is 8.45. The number of hydrogen-bond donors (Lipinski definition) is 0. The Bertz CT molecular complexity index is 1300. The normalized spacial score (nSPS) is 15.9. The van der Waals surface area contributed by atoms with Gasteiger partial charge in [0.1, 0.15) is 10.6 Å². The molecule has 3 amide bonds. The molecule has 0 bridgehead atoms. The maximum Gasteiger partial charge on any atom is 0.230 e. The van der Waals surface area contributed by atoms with Crippen LogP contribution in [0.1, 0.15) is 42.8 Å². The first-order valence-electron chi connectivity index (χ1n) is 11.3. The molecule has 7 nitrogen and oxygen atoms in total. The fourth-order valence-corrected chi connectivity index (χ4v) is 6.20. The van der Waals surface area contributed by atoms with Gasteiger partial charge in [0.2, 0.25) is 17.7 Å². The molecule has 9 heteroatoms. The summed E-state index contributed by atoms with van der Waals surface area (Å²) in [4.78, 5) is 46.3. The number of imide groups is 1. The third-order valence-corrected chi connectivity index (χ3v) is 7.88. The summed E-state index contributed by atoms with van der Waals surface area (Å²) in [7, 11) is 0. The number of benzene rings is 1. The number of pyridine rings is 1. The van der Waals surface area contributed by atoms with Crippen LogP contribution in [0.2, 0.25) is 5.02 Å². The smallest absolute Gasteiger partial charge is 0.230 e. The molecule has 5 rings (SSSR count). The van der Waals surface area contributed by atoms with E-state index in [0.717, 1.165) is 44.0 Å². The first kappa shape index (κ1) is 22.8. The van der Waals surface area contributed by atoms with Crippen LogP contribution in [-0.4, -0.2) is 45.7 Å². The highest BCUT2D eigenvalue weighted by atomic mass is 35.5. The third kappa shape index (κ3) is 3.95. The summed E-state index contributed by atoms with van der Waals surface area (Å²) in [5.41, 5.74) is 3.42. The lowest BCUT2D eigenvalue weighted by Gasteiger charge is -2.26. The fourth-order valence-electron chi connectivity index (χ4n) is 4.63. The molecule has 34 heavy (non-hydrogen) atoms. The number of likely N-dealkylation sites (tertiary alicyclic amines) is 1. The van der Waals surface area contributed by atoms with Crippen molar-refractivity contribution in [2.24, 2.45) is 0 Å². The number of hydrogen-bond acceptors (Lipinski definition) is 6. The molecule has 0 radical (unpaired) electrons. The van der Waals surface area contributed by atoms with Gasteiger partial charge in [-0.2, -0.15) is 0 Å². The van der Waals surface area contributed by atoms with Crippen LogP contribution in [0, 0.1) is 0 Å². The van der Waals surface area contributed by atoms with Crippen molar-refractivity contribution in [1.29, 1.82) is 0 Å². The Morgan fingerprint density at radius 3 is 2.50 bits per heavy atom. The highest BCUT2D eigenvalue weighted by molar-refractivity contribution is 7.19. The number of ether oxygens (including phenoxy) is 1. The van der Waals surface area contributed by atoms with E-state index in [4.69, 9.17) is 21.3 Å². The summed E-state index contributed by atoms with van der Waals surface area (Å²) < 4.78 is 5.60. The number of nitrogens with zero attached hydrogens (tertiary/aromatic N) is 3. The number of halogens is 1. The van der Waals surface area contributed by atoms with Gasteiger partial charge < -0.3 is 9.64 Å². The minimum atomic E-state index is -0.201. The summed E-state index contributed by atoms with van der Waals surface area (Å²) in [6, 6.07) is 7.75. The highest BCUT2D eigenvalue weighted by Crippen LogP contribution is 2.44. The van der Waals surface area contributed by atoms with Crippen molar-refractivity contribution in [3.05, 3.63) is 45.4 Å². The SMILES string of the molecule is CCOc1ccc(-c2c(Cl)c(CN3C(=O)CCC3=O)nc3sc4c(c23)CCN(C(C)=O)C4)cc1. The van der Waals surface area contributed by atoms with Gasteiger partial charge in [-0.3, -0.25) is 19.3 Å². The van der Waals surface area contributed by atoms with Gasteiger partial charge in [0, 0.05) is 42.1 Å². The molecule has 2 aliphatic rings. The monoisotopic (exact) mass is 497 g/mol. The molecule has 0 spiro atoms. The van der Waals surface area contributed by atoms with E-state index in [1.165, 1.54) is 4.90 Å². The van der Waals surface area contributed by atoms with Gasteiger partial charge in [-0.15, -0.1) is 11.3 Å². The molecule has 176 valence electrons. The van der Waals surface area contributed by atoms with Crippen LogP contribution in [-0.2, 0) is 33.9 Å². The molecule has 1 aromatic carbocycles. The first-order chi connectivity index (χ1) is 16.4. The lowest BCUT2D eigenvalue weighted by Crippen LogP contribution is -2.33. The predicted molar refractivity (Wildman–Crippen MR) is 131 cm³/mol. The average molecular weight is 498 g/mol. The standard InChI is InChI=1S/C25H24ClN3O4S/c1-3-33-16-6-4-15(5-7-16)22-23-17-10-11-28(14(2)30)13-19(17)34-25(23)27-18(24(22)26)12-29-20(31)8-9-21(29)32/h4-7H,3,8-13H2,1-2H3. The van der Waals surface area contributed by atoms with Gasteiger partial charge in [-0.1, -0.05) is 23.7 Å². The summed E-state index contributed by atoms with van der Waals surface area (Å²) in [6.45, 7) is 5.34. The van der Waals surface area contributed by atoms with E-state index in [1.807, 2.05) is 36.1 Å². The van der Waals surface area contributed by atoms with Crippen molar-refractivity contribution < 1.29 is 19.1 Å². The summed E-state index contributed by atoms with van der Waals surface area (Å²) in [5.74, 6) is 0.416. The summed E-state index contributed by atoms with van der Waals surface area (Å²) in [5, 5.41) is 1.43. The number of aromatic nitrogens is 1. The van der Waals surface area contributed by atoms with Gasteiger partial charge in [0.05, 0.1) is 30.4 Å². The van der Waals surface area contributed by atoms with Crippen molar-refractivity contribution in [3.63, 3.8) is 0 Å². The second kappa shape index (κ2) is 9.00. The van der Waals surface area contributed by atoms with Crippen LogP contribution < -0.4 is 4.74 Å². The van der Waals surface area contributed by atoms with Gasteiger partial charge >= 0.3 is 0 Å². The van der Waals surface area contributed by atoms with E-state index in [9.17, 15) is 14.4 Å². The van der Waals surface area contributed by atoms with E-state index in [0.29, 0.717) is 30.4 Å². The zero-order valence-electron chi connectivity index (χ0n) is 19.0. The molecule has 2 aliphatic heterocycles. The maximum absolute atomic E-state index is 12.3. The lowest BCUT2D eigenvalue weighted by atomic mass is 9.96. The van der Waals surface area contributed by atoms with Gasteiger partial charge in [0.15, 0.2) is 0 Å². The zero-order chi connectivity index (χ0) is 24.0. The van der Waals surface area contributed by atoms with Crippen molar-refractivity contribution in [1.82, 2.24) is 14.8 Å². The fraction of sp³-hybridized carbons (Fsp3) is 0.360. The Balaban J connectivity index is 1.67. The Hall–Kier alpha value is -2.97. The van der Waals surface area contributed by atoms with Gasteiger partial charge in [-0.05, 0) is 36.6 Å². The van der Waals surface area contributed by atoms with Crippen LogP contribution in [0.5, 0.6) is 5.75 Å². The van der Waals surface area contributed by atoms with Crippen LogP contribution >= 0.6 is 22.9 Å². The third-order valence-electron chi connectivity index (χ3n) is 6.36. The van der Waals surface area contributed by atoms with Crippen LogP contribution in [0.3, 0.4) is 0 Å². The molecule has 0 saturated carbocycles. The van der Waals surface area contributed by atoms with Crippen LogP contribution in [0.15, 0.2) is 24.3 Å². The van der Waals surface area contributed by atoms with Gasteiger partial charge in [0.25, 0.3) is 0 Å². The van der Waals surface area contributed by atoms with Gasteiger partial charge in [-0.25, -0.2) is 4.98 Å². The molecule has 1 saturated heterocycles. The minimum absolute atomic E-state index is 0.0487. The van der Waals surface area contributed by atoms with Crippen LogP contribution in [0.4, 0.5) is 0 Å². The summed E-state index contributed by atoms with van der Waals surface area (Å²) in [6.07, 6.45) is 1.16. The van der Waals surface area contributed by atoms with E-state index >= 15 is 0 Å². The predicted octanol–water partition coefficient (Wildman–Crippen LogP) is 4.57. The molecular weight excluding hydrogens is 474 g/mol. The number of fused-ring (bicyclic) bond motifs is 3. The topological polar surface area (TPSA) is 79.8 Å². The largest absolute Gasteiger partial charge is 0.494 e. The number of carbonyl (C=O) groups excluding carboxylic acids is 3. The average Bonchev–Trinajstić information content (AvgIpc) is 3.34. The van der Waals surface area contributed by atoms with E-state index in [2.05, 4.69) is 0 Å². The second-order valence-corrected chi connectivity index (χ2v) is 9.91. The number of rotatable bonds is 5. The Labute approximate surface area is 206 Å². The highest BCUT2D eigenvalue weighted by Gasteiger charge is 2.32. The van der Waals surface area contributed by atoms with Crippen LogP contribution in [0.25, 0.3) is 21.3 Å². The van der Waals surface area contributed by atoms with Crippen molar-refractivity contribution in [2.45, 2.75) is 46.2 Å². The van der Waals surface area contributed by atoms with Crippen molar-refractivity contribution in [3.8, 4) is 16.9 Å². The lowest BCUT2D eigenvalue weighted by molar-refractivity contribution is -0.139. The molecule has 0 aliphatic carbocycles. The Morgan fingerprint density at radius 2 is 1.85 bits per heavy atom. The van der Waals surface area contributed by atoms with Crippen molar-refractivity contribution in [2.75, 3.05) is 13.2 Å². The maximum atomic E-state index is 12.3. The molecule has 0 atom stereocenters. The number of carbonyl (C=O) groups is 3. The zero-order valence-corrected chi connectivity index (χ0v) is 20.6. The minimum Gasteiger partial charge on any atom is -0.494 e. The molecule has 0 N–H and O–H groups in total. The van der Waals surface area contributed by atoms with E-state index < -0.39 is 0 Å². The van der Waals surface area contributed by atoms with E-state index in [1.54, 1.807) is 18.3 Å². The molecule has 1 fully saturated rings.